The molecule has 1 aromatic heterocycles. The van der Waals surface area contributed by atoms with Gasteiger partial charge < -0.3 is 20.1 Å². The molecule has 0 saturated carbocycles. The Morgan fingerprint density at radius 1 is 1.59 bits per heavy atom. The third kappa shape index (κ3) is 4.30. The molecule has 0 aliphatic rings. The van der Waals surface area contributed by atoms with Crippen molar-refractivity contribution in [3.05, 3.63) is 23.9 Å². The maximum absolute atomic E-state index is 9.69. The van der Waals surface area contributed by atoms with E-state index in [-0.39, 0.29) is 0 Å². The first kappa shape index (κ1) is 13.9. The summed E-state index contributed by atoms with van der Waals surface area (Å²) in [6, 6.07) is 3.94. The lowest BCUT2D eigenvalue weighted by atomic mass is 10.2. The fourth-order valence-corrected chi connectivity index (χ4v) is 1.75. The molecular weight excluding hydrogens is 218 g/mol. The van der Waals surface area contributed by atoms with Gasteiger partial charge in [-0.1, -0.05) is 6.07 Å². The van der Waals surface area contributed by atoms with E-state index >= 15 is 0 Å². The predicted octanol–water partition coefficient (Wildman–Crippen LogP) is 0.244. The van der Waals surface area contributed by atoms with Gasteiger partial charge in [-0.05, 0) is 13.1 Å². The summed E-state index contributed by atoms with van der Waals surface area (Å²) in [7, 11) is 5.40. The van der Waals surface area contributed by atoms with E-state index in [0.717, 1.165) is 17.9 Å². The van der Waals surface area contributed by atoms with Crippen molar-refractivity contribution in [2.45, 2.75) is 12.6 Å². The SMILES string of the molecule is CNCc1cccnc1N(C)CC(O)COC. The third-order valence-electron chi connectivity index (χ3n) is 2.44. The Morgan fingerprint density at radius 3 is 3.00 bits per heavy atom. The van der Waals surface area contributed by atoms with Gasteiger partial charge in [0.05, 0.1) is 12.7 Å². The molecule has 5 heteroatoms. The normalized spacial score (nSPS) is 12.5. The lowest BCUT2D eigenvalue weighted by molar-refractivity contribution is 0.0694. The Kier molecular flexibility index (Phi) is 5.90. The number of anilines is 1. The van der Waals surface area contributed by atoms with Crippen LogP contribution in [0.2, 0.25) is 0 Å². The van der Waals surface area contributed by atoms with Gasteiger partial charge in [-0.3, -0.25) is 0 Å². The highest BCUT2D eigenvalue weighted by Gasteiger charge is 2.12. The van der Waals surface area contributed by atoms with Crippen LogP contribution < -0.4 is 10.2 Å². The number of nitrogens with zero attached hydrogens (tertiary/aromatic N) is 2. The number of aliphatic hydroxyl groups is 1. The Labute approximate surface area is 102 Å². The molecule has 0 saturated heterocycles. The number of aliphatic hydroxyl groups excluding tert-OH is 1. The van der Waals surface area contributed by atoms with Gasteiger partial charge in [0.15, 0.2) is 0 Å². The summed E-state index contributed by atoms with van der Waals surface area (Å²) in [5, 5.41) is 12.8. The highest BCUT2D eigenvalue weighted by molar-refractivity contribution is 5.46. The van der Waals surface area contributed by atoms with Gasteiger partial charge in [0, 0.05) is 39.0 Å². The Bertz CT molecular complexity index is 333. The Balaban J connectivity index is 2.70. The second-order valence-corrected chi connectivity index (χ2v) is 4.01. The molecule has 0 aliphatic carbocycles. The number of likely N-dealkylation sites (N-methyl/N-ethyl adjacent to an activating group) is 1. The van der Waals surface area contributed by atoms with Gasteiger partial charge >= 0.3 is 0 Å². The lowest BCUT2D eigenvalue weighted by Gasteiger charge is -2.23. The largest absolute Gasteiger partial charge is 0.389 e. The van der Waals surface area contributed by atoms with Crippen molar-refractivity contribution in [2.75, 3.05) is 39.3 Å². The van der Waals surface area contributed by atoms with Gasteiger partial charge in [0.1, 0.15) is 5.82 Å². The molecule has 1 unspecified atom stereocenters. The third-order valence-corrected chi connectivity index (χ3v) is 2.44. The van der Waals surface area contributed by atoms with Crippen LogP contribution >= 0.6 is 0 Å². The molecule has 0 aromatic carbocycles. The summed E-state index contributed by atoms with van der Waals surface area (Å²) in [6.07, 6.45) is 1.25. The maximum Gasteiger partial charge on any atom is 0.132 e. The first-order chi connectivity index (χ1) is 8.19. The smallest absolute Gasteiger partial charge is 0.132 e. The Hall–Kier alpha value is -1.17. The fourth-order valence-electron chi connectivity index (χ4n) is 1.75. The number of hydrogen-bond acceptors (Lipinski definition) is 5. The highest BCUT2D eigenvalue weighted by atomic mass is 16.5. The molecule has 1 atom stereocenters. The van der Waals surface area contributed by atoms with Crippen molar-refractivity contribution in [3.8, 4) is 0 Å². The topological polar surface area (TPSA) is 57.6 Å². The van der Waals surface area contributed by atoms with E-state index in [1.54, 1.807) is 13.3 Å². The highest BCUT2D eigenvalue weighted by Crippen LogP contribution is 2.15. The molecule has 1 heterocycles. The number of hydrogen-bond donors (Lipinski definition) is 2. The Morgan fingerprint density at radius 2 is 2.35 bits per heavy atom. The second-order valence-electron chi connectivity index (χ2n) is 4.01. The van der Waals surface area contributed by atoms with E-state index < -0.39 is 6.10 Å². The van der Waals surface area contributed by atoms with Gasteiger partial charge in [0.25, 0.3) is 0 Å². The van der Waals surface area contributed by atoms with Crippen molar-refractivity contribution >= 4 is 5.82 Å². The zero-order valence-electron chi connectivity index (χ0n) is 10.7. The monoisotopic (exact) mass is 239 g/mol. The van der Waals surface area contributed by atoms with Gasteiger partial charge in [0.2, 0.25) is 0 Å². The summed E-state index contributed by atoms with van der Waals surface area (Å²) >= 11 is 0. The molecule has 0 aliphatic heterocycles. The average Bonchev–Trinajstić information content (AvgIpc) is 2.30. The molecule has 0 bridgehead atoms. The van der Waals surface area contributed by atoms with Crippen LogP contribution in [0.4, 0.5) is 5.82 Å². The lowest BCUT2D eigenvalue weighted by Crippen LogP contribution is -2.33. The molecule has 5 nitrogen and oxygen atoms in total. The van der Waals surface area contributed by atoms with E-state index in [4.69, 9.17) is 4.74 Å². The molecule has 0 fully saturated rings. The van der Waals surface area contributed by atoms with Crippen LogP contribution in [0.15, 0.2) is 18.3 Å². The fraction of sp³-hybridized carbons (Fsp3) is 0.583. The number of methoxy groups -OCH3 is 1. The molecule has 1 aromatic rings. The van der Waals surface area contributed by atoms with Crippen LogP contribution in [-0.4, -0.2) is 50.6 Å². The summed E-state index contributed by atoms with van der Waals surface area (Å²) in [4.78, 5) is 6.29. The van der Waals surface area contributed by atoms with Crippen molar-refractivity contribution in [3.63, 3.8) is 0 Å². The van der Waals surface area contributed by atoms with Crippen LogP contribution in [0, 0.1) is 0 Å². The quantitative estimate of drug-likeness (QED) is 0.714. The van der Waals surface area contributed by atoms with E-state index in [2.05, 4.69) is 10.3 Å². The average molecular weight is 239 g/mol. The van der Waals surface area contributed by atoms with Crippen LogP contribution in [0.25, 0.3) is 0 Å². The van der Waals surface area contributed by atoms with Crippen LogP contribution in [0.3, 0.4) is 0 Å². The zero-order chi connectivity index (χ0) is 12.7. The molecule has 1 rings (SSSR count). The van der Waals surface area contributed by atoms with E-state index in [1.807, 2.05) is 31.1 Å². The van der Waals surface area contributed by atoms with Crippen molar-refractivity contribution in [2.24, 2.45) is 0 Å². The second kappa shape index (κ2) is 7.21. The first-order valence-corrected chi connectivity index (χ1v) is 5.65. The first-order valence-electron chi connectivity index (χ1n) is 5.65. The molecule has 17 heavy (non-hydrogen) atoms. The number of rotatable bonds is 7. The van der Waals surface area contributed by atoms with Crippen LogP contribution in [0.1, 0.15) is 5.56 Å². The molecule has 0 radical (unpaired) electrons. The molecule has 96 valence electrons. The number of nitrogens with one attached hydrogen (secondary N) is 1. The molecular formula is C12H21N3O2. The maximum atomic E-state index is 9.69. The summed E-state index contributed by atoms with van der Waals surface area (Å²) in [6.45, 7) is 1.59. The standard InChI is InChI=1S/C12H21N3O2/c1-13-7-10-5-4-6-14-12(10)15(2)8-11(16)9-17-3/h4-6,11,13,16H,7-9H2,1-3H3. The van der Waals surface area contributed by atoms with Gasteiger partial charge in [-0.25, -0.2) is 4.98 Å². The molecule has 0 spiro atoms. The van der Waals surface area contributed by atoms with Crippen LogP contribution in [0.5, 0.6) is 0 Å². The van der Waals surface area contributed by atoms with Gasteiger partial charge in [-0.2, -0.15) is 0 Å². The van der Waals surface area contributed by atoms with Crippen molar-refractivity contribution < 1.29 is 9.84 Å². The van der Waals surface area contributed by atoms with Crippen molar-refractivity contribution in [1.29, 1.82) is 0 Å². The minimum Gasteiger partial charge on any atom is -0.389 e. The summed E-state index contributed by atoms with van der Waals surface area (Å²) in [5.74, 6) is 0.886. The number of ether oxygens (including phenoxy) is 1. The zero-order valence-corrected chi connectivity index (χ0v) is 10.7. The summed E-state index contributed by atoms with van der Waals surface area (Å²) in [5.41, 5.74) is 1.11. The van der Waals surface area contributed by atoms with Crippen molar-refractivity contribution in [1.82, 2.24) is 10.3 Å². The summed E-state index contributed by atoms with van der Waals surface area (Å²) < 4.78 is 4.91. The van der Waals surface area contributed by atoms with Gasteiger partial charge in [-0.15, -0.1) is 0 Å². The minimum absolute atomic E-state index is 0.332. The number of pyridine rings is 1. The molecule has 0 amide bonds. The predicted molar refractivity (Wildman–Crippen MR) is 68.2 cm³/mol. The number of aromatic nitrogens is 1. The van der Waals surface area contributed by atoms with E-state index in [0.29, 0.717) is 13.2 Å². The van der Waals surface area contributed by atoms with Crippen LogP contribution in [-0.2, 0) is 11.3 Å². The van der Waals surface area contributed by atoms with E-state index in [1.165, 1.54) is 0 Å². The minimum atomic E-state index is -0.505. The van der Waals surface area contributed by atoms with E-state index in [9.17, 15) is 5.11 Å². The molecule has 2 N–H and O–H groups in total.